The molecule has 0 unspecified atom stereocenters. The van der Waals surface area contributed by atoms with Gasteiger partial charge < -0.3 is 15.4 Å². The maximum absolute atomic E-state index is 12.6. The molecule has 1 fully saturated rings. The highest BCUT2D eigenvalue weighted by Crippen LogP contribution is 2.20. The molecule has 0 saturated carbocycles. The summed E-state index contributed by atoms with van der Waals surface area (Å²) in [6.45, 7) is 6.46. The number of piperazine rings is 1. The summed E-state index contributed by atoms with van der Waals surface area (Å²) in [5, 5.41) is 0. The van der Waals surface area contributed by atoms with Crippen LogP contribution in [0.5, 0.6) is 0 Å². The third-order valence-electron chi connectivity index (χ3n) is 3.39. The highest BCUT2D eigenvalue weighted by molar-refractivity contribution is 7.89. The van der Waals surface area contributed by atoms with Crippen LogP contribution in [-0.2, 0) is 14.8 Å². The Morgan fingerprint density at radius 3 is 2.30 bits per heavy atom. The maximum atomic E-state index is 12.6. The predicted molar refractivity (Wildman–Crippen MR) is 87.4 cm³/mol. The van der Waals surface area contributed by atoms with Gasteiger partial charge in [-0.15, -0.1) is 0 Å². The van der Waals surface area contributed by atoms with E-state index in [9.17, 15) is 13.2 Å². The predicted octanol–water partition coefficient (Wildman–Crippen LogP) is 1.51. The second-order valence-electron chi connectivity index (χ2n) is 6.44. The van der Waals surface area contributed by atoms with Gasteiger partial charge in [-0.2, -0.15) is 4.31 Å². The SMILES string of the molecule is CC(C)(C)OC(=O)N1CCN(S(=O)(=O)c2cccc(N)c2)CC1. The van der Waals surface area contributed by atoms with Crippen LogP contribution < -0.4 is 5.73 Å². The van der Waals surface area contributed by atoms with E-state index >= 15 is 0 Å². The minimum atomic E-state index is -3.59. The normalized spacial score (nSPS) is 17.1. The van der Waals surface area contributed by atoms with Crippen molar-refractivity contribution in [1.82, 2.24) is 9.21 Å². The number of benzene rings is 1. The van der Waals surface area contributed by atoms with Crippen molar-refractivity contribution in [1.29, 1.82) is 0 Å². The average Bonchev–Trinajstić information content (AvgIpc) is 2.45. The fourth-order valence-corrected chi connectivity index (χ4v) is 3.74. The minimum Gasteiger partial charge on any atom is -0.444 e. The molecule has 0 aromatic heterocycles. The molecule has 1 aliphatic rings. The summed E-state index contributed by atoms with van der Waals surface area (Å²) in [5.74, 6) is 0. The molecular formula is C15H23N3O4S. The van der Waals surface area contributed by atoms with Crippen LogP contribution in [-0.4, -0.2) is 55.5 Å². The topological polar surface area (TPSA) is 92.9 Å². The molecule has 7 nitrogen and oxygen atoms in total. The second kappa shape index (κ2) is 6.37. The lowest BCUT2D eigenvalue weighted by molar-refractivity contribution is 0.0192. The average molecular weight is 341 g/mol. The fraction of sp³-hybridized carbons (Fsp3) is 0.533. The summed E-state index contributed by atoms with van der Waals surface area (Å²) >= 11 is 0. The summed E-state index contributed by atoms with van der Waals surface area (Å²) in [6.07, 6.45) is -0.418. The van der Waals surface area contributed by atoms with Crippen LogP contribution in [0.1, 0.15) is 20.8 Å². The number of amides is 1. The van der Waals surface area contributed by atoms with E-state index in [1.807, 2.05) is 0 Å². The summed E-state index contributed by atoms with van der Waals surface area (Å²) in [7, 11) is -3.59. The third kappa shape index (κ3) is 4.35. The van der Waals surface area contributed by atoms with Crippen molar-refractivity contribution in [3.63, 3.8) is 0 Å². The number of ether oxygens (including phenoxy) is 1. The monoisotopic (exact) mass is 341 g/mol. The van der Waals surface area contributed by atoms with Crippen LogP contribution in [0.25, 0.3) is 0 Å². The summed E-state index contributed by atoms with van der Waals surface area (Å²) < 4.78 is 31.8. The Kier molecular flexibility index (Phi) is 4.86. The Morgan fingerprint density at radius 1 is 1.17 bits per heavy atom. The number of nitrogens with two attached hydrogens (primary N) is 1. The molecule has 0 atom stereocenters. The fourth-order valence-electron chi connectivity index (χ4n) is 2.26. The number of rotatable bonds is 2. The molecular weight excluding hydrogens is 318 g/mol. The van der Waals surface area contributed by atoms with E-state index in [1.165, 1.54) is 21.3 Å². The molecule has 0 radical (unpaired) electrons. The molecule has 1 amide bonds. The van der Waals surface area contributed by atoms with E-state index in [4.69, 9.17) is 10.5 Å². The van der Waals surface area contributed by atoms with Crippen LogP contribution >= 0.6 is 0 Å². The van der Waals surface area contributed by atoms with Gasteiger partial charge >= 0.3 is 6.09 Å². The van der Waals surface area contributed by atoms with Crippen molar-refractivity contribution in [3.05, 3.63) is 24.3 Å². The van der Waals surface area contributed by atoms with Crippen molar-refractivity contribution in [2.75, 3.05) is 31.9 Å². The smallest absolute Gasteiger partial charge is 0.410 e. The lowest BCUT2D eigenvalue weighted by Gasteiger charge is -2.35. The Balaban J connectivity index is 2.03. The molecule has 1 aromatic carbocycles. The Labute approximate surface area is 137 Å². The van der Waals surface area contributed by atoms with Crippen LogP contribution in [0, 0.1) is 0 Å². The minimum absolute atomic E-state index is 0.170. The number of carbonyl (C=O) groups excluding carboxylic acids is 1. The van der Waals surface area contributed by atoms with Gasteiger partial charge in [0, 0.05) is 31.9 Å². The van der Waals surface area contributed by atoms with E-state index in [2.05, 4.69) is 0 Å². The van der Waals surface area contributed by atoms with Gasteiger partial charge in [-0.1, -0.05) is 6.07 Å². The molecule has 1 saturated heterocycles. The zero-order valence-electron chi connectivity index (χ0n) is 13.7. The highest BCUT2D eigenvalue weighted by Gasteiger charge is 2.31. The molecule has 8 heteroatoms. The van der Waals surface area contributed by atoms with Crippen molar-refractivity contribution in [2.24, 2.45) is 0 Å². The van der Waals surface area contributed by atoms with Crippen molar-refractivity contribution in [3.8, 4) is 0 Å². The number of sulfonamides is 1. The van der Waals surface area contributed by atoms with E-state index in [0.29, 0.717) is 18.8 Å². The van der Waals surface area contributed by atoms with E-state index in [1.54, 1.807) is 32.9 Å². The summed E-state index contributed by atoms with van der Waals surface area (Å²) in [5.41, 5.74) is 5.49. The zero-order chi connectivity index (χ0) is 17.3. The Morgan fingerprint density at radius 2 is 1.78 bits per heavy atom. The van der Waals surface area contributed by atoms with Crippen molar-refractivity contribution >= 4 is 21.8 Å². The molecule has 2 rings (SSSR count). The van der Waals surface area contributed by atoms with Gasteiger partial charge in [-0.25, -0.2) is 13.2 Å². The van der Waals surface area contributed by atoms with Gasteiger partial charge in [-0.05, 0) is 39.0 Å². The first-order chi connectivity index (χ1) is 10.6. The molecule has 128 valence electrons. The highest BCUT2D eigenvalue weighted by atomic mass is 32.2. The Hall–Kier alpha value is -1.80. The van der Waals surface area contributed by atoms with Gasteiger partial charge in [0.25, 0.3) is 0 Å². The third-order valence-corrected chi connectivity index (χ3v) is 5.28. The summed E-state index contributed by atoms with van der Waals surface area (Å²) in [4.78, 5) is 13.7. The van der Waals surface area contributed by atoms with E-state index in [0.717, 1.165) is 0 Å². The Bertz CT molecular complexity index is 674. The first kappa shape index (κ1) is 17.6. The second-order valence-corrected chi connectivity index (χ2v) is 8.38. The molecule has 1 heterocycles. The molecule has 0 spiro atoms. The van der Waals surface area contributed by atoms with E-state index in [-0.39, 0.29) is 18.0 Å². The van der Waals surface area contributed by atoms with Crippen molar-refractivity contribution < 1.29 is 17.9 Å². The van der Waals surface area contributed by atoms with Crippen LogP contribution in [0.15, 0.2) is 29.2 Å². The molecule has 0 bridgehead atoms. The number of hydrogen-bond acceptors (Lipinski definition) is 5. The molecule has 23 heavy (non-hydrogen) atoms. The van der Waals surface area contributed by atoms with Crippen LogP contribution in [0.2, 0.25) is 0 Å². The van der Waals surface area contributed by atoms with Crippen LogP contribution in [0.4, 0.5) is 10.5 Å². The van der Waals surface area contributed by atoms with Gasteiger partial charge in [-0.3, -0.25) is 0 Å². The quantitative estimate of drug-likeness (QED) is 0.823. The van der Waals surface area contributed by atoms with Crippen LogP contribution in [0.3, 0.4) is 0 Å². The number of nitrogen functional groups attached to an aromatic ring is 1. The number of carbonyl (C=O) groups is 1. The first-order valence-electron chi connectivity index (χ1n) is 7.43. The van der Waals surface area contributed by atoms with E-state index < -0.39 is 21.7 Å². The van der Waals surface area contributed by atoms with Crippen molar-refractivity contribution in [2.45, 2.75) is 31.3 Å². The standard InChI is InChI=1S/C15H23N3O4S/c1-15(2,3)22-14(19)17-7-9-18(10-8-17)23(20,21)13-6-4-5-12(16)11-13/h4-6,11H,7-10,16H2,1-3H3. The summed E-state index contributed by atoms with van der Waals surface area (Å²) in [6, 6.07) is 6.21. The number of anilines is 1. The number of nitrogens with zero attached hydrogens (tertiary/aromatic N) is 2. The number of hydrogen-bond donors (Lipinski definition) is 1. The van der Waals surface area contributed by atoms with Gasteiger partial charge in [0.15, 0.2) is 0 Å². The molecule has 1 aliphatic heterocycles. The largest absolute Gasteiger partial charge is 0.444 e. The zero-order valence-corrected chi connectivity index (χ0v) is 14.5. The lowest BCUT2D eigenvalue weighted by atomic mass is 10.2. The molecule has 0 aliphatic carbocycles. The molecule has 2 N–H and O–H groups in total. The first-order valence-corrected chi connectivity index (χ1v) is 8.87. The lowest BCUT2D eigenvalue weighted by Crippen LogP contribution is -2.51. The van der Waals surface area contributed by atoms with Gasteiger partial charge in [0.05, 0.1) is 4.90 Å². The van der Waals surface area contributed by atoms with Gasteiger partial charge in [0.1, 0.15) is 5.60 Å². The maximum Gasteiger partial charge on any atom is 0.410 e. The van der Waals surface area contributed by atoms with Gasteiger partial charge in [0.2, 0.25) is 10.0 Å². The molecule has 1 aromatic rings.